The smallest absolute Gasteiger partial charge is 0.274 e. The van der Waals surface area contributed by atoms with E-state index in [1.807, 2.05) is 0 Å². The summed E-state index contributed by atoms with van der Waals surface area (Å²) >= 11 is 6.15. The number of methoxy groups -OCH3 is 1. The summed E-state index contributed by atoms with van der Waals surface area (Å²) < 4.78 is 20.8. The van der Waals surface area contributed by atoms with E-state index in [-0.39, 0.29) is 11.6 Å². The van der Waals surface area contributed by atoms with Crippen LogP contribution < -0.4 is 15.0 Å². The molecule has 1 aromatic heterocycles. The molecule has 2 amide bonds. The predicted octanol–water partition coefficient (Wildman–Crippen LogP) is 4.36. The molecule has 150 valence electrons. The molecule has 0 aliphatic carbocycles. The molecule has 1 aliphatic rings. The highest BCUT2D eigenvalue weighted by molar-refractivity contribution is 6.32. The Kier molecular flexibility index (Phi) is 4.92. The van der Waals surface area contributed by atoms with Crippen molar-refractivity contribution in [1.29, 1.82) is 0 Å². The van der Waals surface area contributed by atoms with Crippen LogP contribution in [0.4, 0.5) is 15.8 Å². The predicted molar refractivity (Wildman–Crippen MR) is 110 cm³/mol. The van der Waals surface area contributed by atoms with Gasteiger partial charge in [0, 0.05) is 31.1 Å². The lowest BCUT2D eigenvalue weighted by molar-refractivity contribution is -0.117. The van der Waals surface area contributed by atoms with E-state index in [0.29, 0.717) is 52.4 Å². The topological polar surface area (TPSA) is 63.6 Å². The van der Waals surface area contributed by atoms with Crippen molar-refractivity contribution in [1.82, 2.24) is 4.57 Å². The Balaban J connectivity index is 1.82. The van der Waals surface area contributed by atoms with Crippen molar-refractivity contribution in [2.75, 3.05) is 23.9 Å². The Hall–Kier alpha value is -3.06. The molecule has 1 N–H and O–H groups in total. The lowest BCUT2D eigenvalue weighted by Crippen LogP contribution is -2.27. The summed E-state index contributed by atoms with van der Waals surface area (Å²) in [5.74, 6) is -0.429. The van der Waals surface area contributed by atoms with Crippen LogP contribution in [0.25, 0.3) is 10.9 Å². The number of carbonyl (C=O) groups is 2. The van der Waals surface area contributed by atoms with E-state index >= 15 is 0 Å². The molecule has 0 unspecified atom stereocenters. The molecule has 2 heterocycles. The summed E-state index contributed by atoms with van der Waals surface area (Å²) in [5, 5.41) is 3.70. The molecule has 29 heavy (non-hydrogen) atoms. The van der Waals surface area contributed by atoms with E-state index in [0.717, 1.165) is 0 Å². The number of aromatic nitrogens is 1. The van der Waals surface area contributed by atoms with Crippen molar-refractivity contribution >= 4 is 45.7 Å². The Morgan fingerprint density at radius 1 is 1.24 bits per heavy atom. The highest BCUT2D eigenvalue weighted by Gasteiger charge is 2.31. The maximum Gasteiger partial charge on any atom is 0.274 e. The molecule has 2 aromatic carbocycles. The summed E-state index contributed by atoms with van der Waals surface area (Å²) in [5.41, 5.74) is 1.87. The Morgan fingerprint density at radius 3 is 2.69 bits per heavy atom. The summed E-state index contributed by atoms with van der Waals surface area (Å²) in [6.45, 7) is 0.489. The molecule has 1 saturated heterocycles. The summed E-state index contributed by atoms with van der Waals surface area (Å²) in [6, 6.07) is 9.21. The SMILES string of the molecule is COc1ccc(NC(=O)c2c(N3CCCC3=O)c3cc(F)ccc3n2C)cc1Cl. The van der Waals surface area contributed by atoms with E-state index in [4.69, 9.17) is 16.3 Å². The quantitative estimate of drug-likeness (QED) is 0.688. The van der Waals surface area contributed by atoms with Gasteiger partial charge < -0.3 is 19.5 Å². The molecule has 4 rings (SSSR count). The molecule has 0 atom stereocenters. The minimum Gasteiger partial charge on any atom is -0.495 e. The van der Waals surface area contributed by atoms with Gasteiger partial charge in [-0.3, -0.25) is 9.59 Å². The molecule has 0 saturated carbocycles. The van der Waals surface area contributed by atoms with Gasteiger partial charge in [-0.05, 0) is 42.8 Å². The number of carbonyl (C=O) groups excluding carboxylic acids is 2. The van der Waals surface area contributed by atoms with Crippen molar-refractivity contribution in [2.24, 2.45) is 7.05 Å². The number of benzene rings is 2. The van der Waals surface area contributed by atoms with Crippen molar-refractivity contribution in [3.05, 3.63) is 52.9 Å². The number of ether oxygens (including phenoxy) is 1. The zero-order chi connectivity index (χ0) is 20.7. The minimum atomic E-state index is -0.426. The van der Waals surface area contributed by atoms with Crippen LogP contribution in [0.2, 0.25) is 5.02 Å². The molecule has 0 radical (unpaired) electrons. The lowest BCUT2D eigenvalue weighted by Gasteiger charge is -2.18. The normalized spacial score (nSPS) is 13.9. The van der Waals surface area contributed by atoms with Crippen LogP contribution in [-0.4, -0.2) is 30.0 Å². The highest BCUT2D eigenvalue weighted by atomic mass is 35.5. The zero-order valence-corrected chi connectivity index (χ0v) is 16.7. The van der Waals surface area contributed by atoms with E-state index in [2.05, 4.69) is 5.32 Å². The van der Waals surface area contributed by atoms with Gasteiger partial charge in [-0.15, -0.1) is 0 Å². The summed E-state index contributed by atoms with van der Waals surface area (Å²) in [7, 11) is 3.23. The fourth-order valence-electron chi connectivity index (χ4n) is 3.75. The van der Waals surface area contributed by atoms with Crippen LogP contribution in [0.1, 0.15) is 23.3 Å². The van der Waals surface area contributed by atoms with Crippen molar-refractivity contribution in [3.8, 4) is 5.75 Å². The number of nitrogens with one attached hydrogen (secondary N) is 1. The van der Waals surface area contributed by atoms with Gasteiger partial charge in [0.1, 0.15) is 17.3 Å². The third-order valence-electron chi connectivity index (χ3n) is 5.10. The Labute approximate surface area is 171 Å². The summed E-state index contributed by atoms with van der Waals surface area (Å²) in [6.07, 6.45) is 1.10. The fraction of sp³-hybridized carbons (Fsp3) is 0.238. The fourth-order valence-corrected chi connectivity index (χ4v) is 4.01. The Bertz CT molecular complexity index is 1140. The maximum atomic E-state index is 14.0. The first-order valence-electron chi connectivity index (χ1n) is 9.14. The first-order chi connectivity index (χ1) is 13.9. The number of rotatable bonds is 4. The number of fused-ring (bicyclic) bond motifs is 1. The largest absolute Gasteiger partial charge is 0.495 e. The number of hydrogen-bond donors (Lipinski definition) is 1. The average molecular weight is 416 g/mol. The minimum absolute atomic E-state index is 0.0803. The van der Waals surface area contributed by atoms with Gasteiger partial charge in [0.2, 0.25) is 5.91 Å². The second-order valence-electron chi connectivity index (χ2n) is 6.87. The third kappa shape index (κ3) is 3.31. The standard InChI is InChI=1S/C21H19ClFN3O3/c1-25-16-7-5-12(23)10-14(16)19(26-9-3-4-18(26)27)20(25)21(28)24-13-6-8-17(29-2)15(22)11-13/h5-8,10-11H,3-4,9H2,1-2H3,(H,24,28). The number of anilines is 2. The van der Waals surface area contributed by atoms with Crippen LogP contribution >= 0.6 is 11.6 Å². The van der Waals surface area contributed by atoms with Gasteiger partial charge >= 0.3 is 0 Å². The number of amides is 2. The van der Waals surface area contributed by atoms with Gasteiger partial charge in [-0.1, -0.05) is 11.6 Å². The molecule has 0 spiro atoms. The number of aryl methyl sites for hydroxylation is 1. The van der Waals surface area contributed by atoms with Crippen LogP contribution in [-0.2, 0) is 11.8 Å². The average Bonchev–Trinajstić information content (AvgIpc) is 3.22. The van der Waals surface area contributed by atoms with Gasteiger partial charge in [-0.25, -0.2) is 4.39 Å². The second-order valence-corrected chi connectivity index (χ2v) is 7.28. The molecule has 6 nitrogen and oxygen atoms in total. The van der Waals surface area contributed by atoms with E-state index < -0.39 is 11.7 Å². The molecule has 1 aliphatic heterocycles. The Morgan fingerprint density at radius 2 is 2.03 bits per heavy atom. The van der Waals surface area contributed by atoms with Gasteiger partial charge in [0.15, 0.2) is 0 Å². The third-order valence-corrected chi connectivity index (χ3v) is 5.40. The van der Waals surface area contributed by atoms with Crippen LogP contribution in [0.15, 0.2) is 36.4 Å². The van der Waals surface area contributed by atoms with Crippen LogP contribution in [0.3, 0.4) is 0 Å². The molecule has 1 fully saturated rings. The van der Waals surface area contributed by atoms with Gasteiger partial charge in [0.25, 0.3) is 5.91 Å². The lowest BCUT2D eigenvalue weighted by atomic mass is 10.2. The van der Waals surface area contributed by atoms with Crippen molar-refractivity contribution in [2.45, 2.75) is 12.8 Å². The monoisotopic (exact) mass is 415 g/mol. The summed E-state index contributed by atoms with van der Waals surface area (Å²) in [4.78, 5) is 27.2. The van der Waals surface area contributed by atoms with Crippen LogP contribution in [0.5, 0.6) is 5.75 Å². The van der Waals surface area contributed by atoms with Crippen molar-refractivity contribution in [3.63, 3.8) is 0 Å². The molecule has 0 bridgehead atoms. The molecule has 8 heteroatoms. The van der Waals surface area contributed by atoms with E-state index in [1.165, 1.54) is 19.2 Å². The number of halogens is 2. The van der Waals surface area contributed by atoms with E-state index in [1.54, 1.807) is 40.8 Å². The number of nitrogens with zero attached hydrogens (tertiary/aromatic N) is 2. The molecular weight excluding hydrogens is 397 g/mol. The highest BCUT2D eigenvalue weighted by Crippen LogP contribution is 2.37. The molecule has 3 aromatic rings. The zero-order valence-electron chi connectivity index (χ0n) is 16.0. The molecular formula is C21H19ClFN3O3. The first kappa shape index (κ1) is 19.3. The number of hydrogen-bond acceptors (Lipinski definition) is 3. The van der Waals surface area contributed by atoms with Gasteiger partial charge in [0.05, 0.1) is 23.3 Å². The van der Waals surface area contributed by atoms with Crippen LogP contribution in [0, 0.1) is 5.82 Å². The maximum absolute atomic E-state index is 14.0. The van der Waals surface area contributed by atoms with E-state index in [9.17, 15) is 14.0 Å². The van der Waals surface area contributed by atoms with Crippen molar-refractivity contribution < 1.29 is 18.7 Å². The van der Waals surface area contributed by atoms with Gasteiger partial charge in [-0.2, -0.15) is 0 Å². The second kappa shape index (κ2) is 7.40. The first-order valence-corrected chi connectivity index (χ1v) is 9.51.